The van der Waals surface area contributed by atoms with E-state index in [-0.39, 0.29) is 5.96 Å². The first-order valence-electron chi connectivity index (χ1n) is 7.50. The van der Waals surface area contributed by atoms with Gasteiger partial charge in [-0.05, 0) is 47.5 Å². The van der Waals surface area contributed by atoms with Gasteiger partial charge in [0, 0.05) is 17.1 Å². The van der Waals surface area contributed by atoms with Crippen molar-refractivity contribution in [2.75, 3.05) is 7.05 Å². The lowest BCUT2D eigenvalue weighted by Gasteiger charge is -2.00. The molecule has 0 saturated carbocycles. The third-order valence-corrected chi connectivity index (χ3v) is 3.68. The van der Waals surface area contributed by atoms with Crippen LogP contribution in [0.15, 0.2) is 70.8 Å². The van der Waals surface area contributed by atoms with Gasteiger partial charge >= 0.3 is 0 Å². The van der Waals surface area contributed by atoms with Crippen LogP contribution in [0.4, 0.5) is 0 Å². The summed E-state index contributed by atoms with van der Waals surface area (Å²) in [6.07, 6.45) is 7.60. The summed E-state index contributed by atoms with van der Waals surface area (Å²) < 4.78 is 0. The fourth-order valence-corrected chi connectivity index (χ4v) is 2.06. The lowest BCUT2D eigenvalue weighted by Crippen LogP contribution is -2.27. The van der Waals surface area contributed by atoms with E-state index in [4.69, 9.17) is 28.9 Å². The molecule has 0 heterocycles. The van der Waals surface area contributed by atoms with Crippen molar-refractivity contribution in [3.63, 3.8) is 0 Å². The predicted molar refractivity (Wildman–Crippen MR) is 109 cm³/mol. The average molecular weight is 373 g/mol. The Morgan fingerprint density at radius 1 is 0.880 bits per heavy atom. The Morgan fingerprint density at radius 3 is 1.72 bits per heavy atom. The number of nitrogens with one attached hydrogen (secondary N) is 1. The molecule has 4 nitrogen and oxygen atoms in total. The van der Waals surface area contributed by atoms with Crippen molar-refractivity contribution in [2.45, 2.75) is 0 Å². The minimum atomic E-state index is 0.234. The molecular formula is C19H18Cl2N4. The maximum absolute atomic E-state index is 5.90. The molecule has 2 aromatic rings. The van der Waals surface area contributed by atoms with Crippen LogP contribution in [0.1, 0.15) is 11.1 Å². The van der Waals surface area contributed by atoms with Crippen molar-refractivity contribution in [3.8, 4) is 0 Å². The molecule has 0 aliphatic heterocycles. The number of nitrogens with two attached hydrogens (primary N) is 1. The molecule has 0 spiro atoms. The first-order valence-corrected chi connectivity index (χ1v) is 8.25. The number of rotatable bonds is 5. The molecule has 0 radical (unpaired) electrons. The van der Waals surface area contributed by atoms with Crippen molar-refractivity contribution in [1.29, 1.82) is 0 Å². The van der Waals surface area contributed by atoms with Gasteiger partial charge < -0.3 is 5.73 Å². The molecule has 0 atom stereocenters. The zero-order valence-corrected chi connectivity index (χ0v) is 15.2. The minimum absolute atomic E-state index is 0.234. The molecule has 0 fully saturated rings. The molecule has 0 aromatic heterocycles. The second-order valence-corrected chi connectivity index (χ2v) is 5.90. The number of hydrazone groups is 1. The van der Waals surface area contributed by atoms with E-state index in [1.165, 1.54) is 0 Å². The second-order valence-electron chi connectivity index (χ2n) is 5.03. The zero-order valence-electron chi connectivity index (χ0n) is 13.7. The number of benzene rings is 2. The van der Waals surface area contributed by atoms with Gasteiger partial charge in [-0.1, -0.05) is 59.6 Å². The number of hydrogen-bond acceptors (Lipinski definition) is 2. The standard InChI is InChI=1S/C19H18Cl2N4/c1-23-19(22)25-24-18(12-6-14-2-8-16(20)9-3-14)13-7-15-4-10-17(21)11-5-15/h2-13H,1H3,(H3,22,23,25)/b12-6+,13-7+. The molecule has 128 valence electrons. The van der Waals surface area contributed by atoms with E-state index in [1.807, 2.05) is 72.8 Å². The van der Waals surface area contributed by atoms with E-state index >= 15 is 0 Å². The van der Waals surface area contributed by atoms with Crippen LogP contribution < -0.4 is 11.2 Å². The number of allylic oxidation sites excluding steroid dienone is 2. The quantitative estimate of drug-likeness (QED) is 0.457. The first kappa shape index (κ1) is 18.8. The van der Waals surface area contributed by atoms with Crippen LogP contribution in [0, 0.1) is 0 Å². The van der Waals surface area contributed by atoms with Crippen LogP contribution in [0.3, 0.4) is 0 Å². The third-order valence-electron chi connectivity index (χ3n) is 3.17. The van der Waals surface area contributed by atoms with Crippen molar-refractivity contribution >= 4 is 47.0 Å². The Labute approximate surface area is 157 Å². The molecule has 0 saturated heterocycles. The molecule has 25 heavy (non-hydrogen) atoms. The van der Waals surface area contributed by atoms with Crippen LogP contribution in [0.5, 0.6) is 0 Å². The lowest BCUT2D eigenvalue weighted by molar-refractivity contribution is 1.00. The summed E-state index contributed by atoms with van der Waals surface area (Å²) >= 11 is 11.8. The van der Waals surface area contributed by atoms with E-state index < -0.39 is 0 Å². The van der Waals surface area contributed by atoms with Crippen LogP contribution in [-0.2, 0) is 0 Å². The van der Waals surface area contributed by atoms with Gasteiger partial charge in [0.2, 0.25) is 5.96 Å². The zero-order chi connectivity index (χ0) is 18.1. The monoisotopic (exact) mass is 372 g/mol. The van der Waals surface area contributed by atoms with E-state index in [9.17, 15) is 0 Å². The van der Waals surface area contributed by atoms with E-state index in [0.717, 1.165) is 11.1 Å². The van der Waals surface area contributed by atoms with Crippen molar-refractivity contribution in [2.24, 2.45) is 15.8 Å². The molecular weight excluding hydrogens is 355 g/mol. The summed E-state index contributed by atoms with van der Waals surface area (Å²) in [5, 5.41) is 5.64. The molecule has 0 bridgehead atoms. The highest BCUT2D eigenvalue weighted by atomic mass is 35.5. The summed E-state index contributed by atoms with van der Waals surface area (Å²) in [6, 6.07) is 15.0. The number of hydrogen-bond donors (Lipinski definition) is 2. The molecule has 0 amide bonds. The fourth-order valence-electron chi connectivity index (χ4n) is 1.81. The third kappa shape index (κ3) is 6.83. The van der Waals surface area contributed by atoms with E-state index in [0.29, 0.717) is 15.8 Å². The number of aliphatic imine (C=N–C) groups is 1. The van der Waals surface area contributed by atoms with Gasteiger partial charge in [0.05, 0.1) is 5.71 Å². The van der Waals surface area contributed by atoms with Crippen molar-refractivity contribution < 1.29 is 0 Å². The highest BCUT2D eigenvalue weighted by molar-refractivity contribution is 6.30. The summed E-state index contributed by atoms with van der Waals surface area (Å²) in [5.74, 6) is 0.234. The lowest BCUT2D eigenvalue weighted by atomic mass is 10.1. The Balaban J connectivity index is 2.19. The summed E-state index contributed by atoms with van der Waals surface area (Å²) in [6.45, 7) is 0. The maximum Gasteiger partial charge on any atom is 0.209 e. The van der Waals surface area contributed by atoms with Gasteiger partial charge in [0.25, 0.3) is 0 Å². The first-order chi connectivity index (χ1) is 12.1. The van der Waals surface area contributed by atoms with Gasteiger partial charge in [-0.15, -0.1) is 0 Å². The highest BCUT2D eigenvalue weighted by Crippen LogP contribution is 2.12. The van der Waals surface area contributed by atoms with Crippen molar-refractivity contribution in [1.82, 2.24) is 5.43 Å². The summed E-state index contributed by atoms with van der Waals surface area (Å²) in [5.41, 5.74) is 11.0. The predicted octanol–water partition coefficient (Wildman–Crippen LogP) is 4.61. The SMILES string of the molecule is CN=C(N)NN=C(/C=C/c1ccc(Cl)cc1)/C=C/c1ccc(Cl)cc1. The van der Waals surface area contributed by atoms with Gasteiger partial charge in [-0.25, -0.2) is 5.43 Å². The molecule has 0 unspecified atom stereocenters. The van der Waals surface area contributed by atoms with Crippen LogP contribution >= 0.6 is 23.2 Å². The van der Waals surface area contributed by atoms with Gasteiger partial charge in [-0.3, -0.25) is 4.99 Å². The molecule has 3 N–H and O–H groups in total. The smallest absolute Gasteiger partial charge is 0.209 e. The number of nitrogens with zero attached hydrogens (tertiary/aromatic N) is 2. The number of guanidine groups is 1. The molecule has 2 aromatic carbocycles. The van der Waals surface area contributed by atoms with Gasteiger partial charge in [-0.2, -0.15) is 5.10 Å². The second kappa shape index (κ2) is 9.67. The van der Waals surface area contributed by atoms with Gasteiger partial charge in [0.15, 0.2) is 0 Å². The minimum Gasteiger partial charge on any atom is -0.369 e. The van der Waals surface area contributed by atoms with Gasteiger partial charge in [0.1, 0.15) is 0 Å². The fraction of sp³-hybridized carbons (Fsp3) is 0.0526. The Kier molecular flexibility index (Phi) is 7.26. The topological polar surface area (TPSA) is 62.8 Å². The normalized spacial score (nSPS) is 11.9. The molecule has 2 rings (SSSR count). The summed E-state index contributed by atoms with van der Waals surface area (Å²) in [4.78, 5) is 3.82. The van der Waals surface area contributed by atoms with Crippen LogP contribution in [-0.4, -0.2) is 18.7 Å². The largest absolute Gasteiger partial charge is 0.369 e. The maximum atomic E-state index is 5.90. The summed E-state index contributed by atoms with van der Waals surface area (Å²) in [7, 11) is 1.59. The number of halogens is 2. The Morgan fingerprint density at radius 2 is 1.32 bits per heavy atom. The Hall–Kier alpha value is -2.56. The van der Waals surface area contributed by atoms with Crippen LogP contribution in [0.25, 0.3) is 12.2 Å². The van der Waals surface area contributed by atoms with E-state index in [1.54, 1.807) is 7.05 Å². The average Bonchev–Trinajstić information content (AvgIpc) is 2.63. The van der Waals surface area contributed by atoms with Crippen molar-refractivity contribution in [3.05, 3.63) is 81.9 Å². The van der Waals surface area contributed by atoms with Crippen LogP contribution in [0.2, 0.25) is 10.0 Å². The molecule has 6 heteroatoms. The Bertz CT molecular complexity index is 747. The van der Waals surface area contributed by atoms with E-state index in [2.05, 4.69) is 15.5 Å². The highest BCUT2D eigenvalue weighted by Gasteiger charge is 1.94. The molecule has 0 aliphatic rings. The molecule has 0 aliphatic carbocycles.